The monoisotopic (exact) mass is 241 g/mol. The van der Waals surface area contributed by atoms with Crippen molar-refractivity contribution in [3.8, 4) is 0 Å². The Morgan fingerprint density at radius 2 is 2.12 bits per heavy atom. The van der Waals surface area contributed by atoms with Crippen molar-refractivity contribution in [2.45, 2.75) is 32.6 Å². The van der Waals surface area contributed by atoms with Crippen molar-refractivity contribution in [1.29, 1.82) is 0 Å². The average molecular weight is 241 g/mol. The highest BCUT2D eigenvalue weighted by atomic mass is 16.1. The minimum Gasteiger partial charge on any atom is -0.356 e. The van der Waals surface area contributed by atoms with Crippen LogP contribution in [0.4, 0.5) is 0 Å². The first-order chi connectivity index (χ1) is 8.17. The largest absolute Gasteiger partial charge is 0.356 e. The smallest absolute Gasteiger partial charge is 0.224 e. The lowest BCUT2D eigenvalue weighted by Crippen LogP contribution is -2.40. The molecule has 100 valence electrons. The number of amides is 1. The zero-order valence-electron chi connectivity index (χ0n) is 11.2. The van der Waals surface area contributed by atoms with Crippen LogP contribution in [0.5, 0.6) is 0 Å². The van der Waals surface area contributed by atoms with Crippen LogP contribution in [0.3, 0.4) is 0 Å². The van der Waals surface area contributed by atoms with Crippen LogP contribution in [-0.4, -0.2) is 44.0 Å². The molecule has 3 N–H and O–H groups in total. The van der Waals surface area contributed by atoms with Gasteiger partial charge >= 0.3 is 0 Å². The van der Waals surface area contributed by atoms with Gasteiger partial charge in [0.25, 0.3) is 0 Å². The molecular formula is C13H27N3O. The van der Waals surface area contributed by atoms with Gasteiger partial charge in [0, 0.05) is 13.1 Å². The minimum absolute atomic E-state index is 0.00580. The molecule has 1 saturated heterocycles. The topological polar surface area (TPSA) is 58.4 Å². The van der Waals surface area contributed by atoms with Crippen LogP contribution in [0.15, 0.2) is 0 Å². The Morgan fingerprint density at radius 3 is 2.65 bits per heavy atom. The predicted molar refractivity (Wildman–Crippen MR) is 70.7 cm³/mol. The van der Waals surface area contributed by atoms with Crippen LogP contribution >= 0.6 is 0 Å². The first-order valence-corrected chi connectivity index (χ1v) is 6.83. The highest BCUT2D eigenvalue weighted by molar-refractivity contribution is 5.78. The number of carbonyl (C=O) groups excluding carboxylic acids is 1. The summed E-state index contributed by atoms with van der Waals surface area (Å²) >= 11 is 0. The Hall–Kier alpha value is -0.610. The molecule has 0 aromatic rings. The van der Waals surface area contributed by atoms with E-state index < -0.39 is 0 Å². The van der Waals surface area contributed by atoms with E-state index >= 15 is 0 Å². The highest BCUT2D eigenvalue weighted by Gasteiger charge is 2.19. The Morgan fingerprint density at radius 1 is 1.47 bits per heavy atom. The number of rotatable bonds is 6. The molecule has 1 amide bonds. The Kier molecular flexibility index (Phi) is 6.52. The zero-order chi connectivity index (χ0) is 12.7. The number of hydrogen-bond acceptors (Lipinski definition) is 3. The molecular weight excluding hydrogens is 214 g/mol. The van der Waals surface area contributed by atoms with E-state index in [1.165, 1.54) is 12.8 Å². The van der Waals surface area contributed by atoms with Crippen molar-refractivity contribution >= 4 is 5.91 Å². The second-order valence-corrected chi connectivity index (χ2v) is 5.21. The summed E-state index contributed by atoms with van der Waals surface area (Å²) in [4.78, 5) is 14.2. The van der Waals surface area contributed by atoms with Gasteiger partial charge in [-0.05, 0) is 45.3 Å². The quantitative estimate of drug-likeness (QED) is 0.724. The number of nitrogens with one attached hydrogen (secondary N) is 1. The summed E-state index contributed by atoms with van der Waals surface area (Å²) in [7, 11) is 2.15. The number of nitrogens with zero attached hydrogens (tertiary/aromatic N) is 1. The molecule has 1 aliphatic rings. The van der Waals surface area contributed by atoms with Crippen molar-refractivity contribution in [3.63, 3.8) is 0 Å². The molecule has 1 fully saturated rings. The summed E-state index contributed by atoms with van der Waals surface area (Å²) in [6.45, 7) is 5.68. The molecule has 0 bridgehead atoms. The third-order valence-electron chi connectivity index (χ3n) is 3.70. The number of hydrogen-bond donors (Lipinski definition) is 2. The maximum atomic E-state index is 11.9. The van der Waals surface area contributed by atoms with Crippen LogP contribution < -0.4 is 11.1 Å². The number of piperidine rings is 1. The van der Waals surface area contributed by atoms with Gasteiger partial charge in [-0.25, -0.2) is 0 Å². The van der Waals surface area contributed by atoms with E-state index in [9.17, 15) is 4.79 Å². The summed E-state index contributed by atoms with van der Waals surface area (Å²) in [5.41, 5.74) is 5.62. The molecule has 1 rings (SSSR count). The zero-order valence-corrected chi connectivity index (χ0v) is 11.2. The van der Waals surface area contributed by atoms with E-state index in [4.69, 9.17) is 5.73 Å². The fourth-order valence-electron chi connectivity index (χ4n) is 2.36. The van der Waals surface area contributed by atoms with Crippen molar-refractivity contribution < 1.29 is 4.79 Å². The third kappa shape index (κ3) is 5.04. The maximum Gasteiger partial charge on any atom is 0.224 e. The average Bonchev–Trinajstić information content (AvgIpc) is 2.35. The first kappa shape index (κ1) is 14.5. The van der Waals surface area contributed by atoms with E-state index in [1.54, 1.807) is 0 Å². The second kappa shape index (κ2) is 7.67. The maximum absolute atomic E-state index is 11.9. The molecule has 0 spiro atoms. The standard InChI is InChI=1S/C13H27N3O/c1-3-4-12(9-14)13(17)15-10-11-5-7-16(2)8-6-11/h11-12H,3-10,14H2,1-2H3,(H,15,17). The van der Waals surface area contributed by atoms with Crippen LogP contribution in [0, 0.1) is 11.8 Å². The predicted octanol–water partition coefficient (Wildman–Crippen LogP) is 0.819. The third-order valence-corrected chi connectivity index (χ3v) is 3.70. The van der Waals surface area contributed by atoms with E-state index in [0.717, 1.165) is 32.5 Å². The van der Waals surface area contributed by atoms with Gasteiger partial charge in [-0.1, -0.05) is 13.3 Å². The molecule has 1 unspecified atom stereocenters. The van der Waals surface area contributed by atoms with Crippen LogP contribution in [0.2, 0.25) is 0 Å². The van der Waals surface area contributed by atoms with Crippen molar-refractivity contribution in [2.75, 3.05) is 33.2 Å². The highest BCUT2D eigenvalue weighted by Crippen LogP contribution is 2.15. The molecule has 0 aromatic carbocycles. The van der Waals surface area contributed by atoms with E-state index in [1.807, 2.05) is 0 Å². The molecule has 1 atom stereocenters. The second-order valence-electron chi connectivity index (χ2n) is 5.21. The molecule has 0 aliphatic carbocycles. The Bertz CT molecular complexity index is 225. The van der Waals surface area contributed by atoms with Gasteiger partial charge in [0.1, 0.15) is 0 Å². The summed E-state index contributed by atoms with van der Waals surface area (Å²) in [5.74, 6) is 0.801. The van der Waals surface area contributed by atoms with E-state index in [-0.39, 0.29) is 11.8 Å². The van der Waals surface area contributed by atoms with Crippen LogP contribution in [0.1, 0.15) is 32.6 Å². The molecule has 1 aliphatic heterocycles. The van der Waals surface area contributed by atoms with Crippen LogP contribution in [0.25, 0.3) is 0 Å². The van der Waals surface area contributed by atoms with Gasteiger partial charge in [0.05, 0.1) is 5.92 Å². The van der Waals surface area contributed by atoms with Gasteiger partial charge in [0.2, 0.25) is 5.91 Å². The van der Waals surface area contributed by atoms with Crippen molar-refractivity contribution in [3.05, 3.63) is 0 Å². The molecule has 4 nitrogen and oxygen atoms in total. The Balaban J connectivity index is 2.22. The summed E-state index contributed by atoms with van der Waals surface area (Å²) in [6.07, 6.45) is 4.30. The lowest BCUT2D eigenvalue weighted by Gasteiger charge is -2.29. The number of likely N-dealkylation sites (tertiary alicyclic amines) is 1. The molecule has 0 saturated carbocycles. The normalized spacial score (nSPS) is 20.2. The molecule has 4 heteroatoms. The van der Waals surface area contributed by atoms with E-state index in [2.05, 4.69) is 24.2 Å². The summed E-state index contributed by atoms with van der Waals surface area (Å²) in [6, 6.07) is 0. The van der Waals surface area contributed by atoms with Gasteiger partial charge in [-0.3, -0.25) is 4.79 Å². The van der Waals surface area contributed by atoms with Gasteiger partial charge in [-0.2, -0.15) is 0 Å². The molecule has 17 heavy (non-hydrogen) atoms. The molecule has 0 aromatic heterocycles. The number of carbonyl (C=O) groups is 1. The first-order valence-electron chi connectivity index (χ1n) is 6.83. The number of nitrogens with two attached hydrogens (primary N) is 1. The van der Waals surface area contributed by atoms with E-state index in [0.29, 0.717) is 12.5 Å². The fraction of sp³-hybridized carbons (Fsp3) is 0.923. The fourth-order valence-corrected chi connectivity index (χ4v) is 2.36. The minimum atomic E-state index is 0.00580. The molecule has 0 radical (unpaired) electrons. The van der Waals surface area contributed by atoms with Crippen molar-refractivity contribution in [1.82, 2.24) is 10.2 Å². The SMILES string of the molecule is CCCC(CN)C(=O)NCC1CCN(C)CC1. The lowest BCUT2D eigenvalue weighted by molar-refractivity contribution is -0.125. The summed E-state index contributed by atoms with van der Waals surface area (Å²) in [5, 5.41) is 3.07. The summed E-state index contributed by atoms with van der Waals surface area (Å²) < 4.78 is 0. The van der Waals surface area contributed by atoms with Gasteiger partial charge in [0.15, 0.2) is 0 Å². The lowest BCUT2D eigenvalue weighted by atomic mass is 9.96. The van der Waals surface area contributed by atoms with Gasteiger partial charge < -0.3 is 16.0 Å². The molecule has 1 heterocycles. The Labute approximate surface area is 105 Å². The van der Waals surface area contributed by atoms with Crippen LogP contribution in [-0.2, 0) is 4.79 Å². The van der Waals surface area contributed by atoms with Gasteiger partial charge in [-0.15, -0.1) is 0 Å². The van der Waals surface area contributed by atoms with Crippen molar-refractivity contribution in [2.24, 2.45) is 17.6 Å².